The van der Waals surface area contributed by atoms with Crippen LogP contribution in [0.15, 0.2) is 41.5 Å². The van der Waals surface area contributed by atoms with Gasteiger partial charge in [-0.1, -0.05) is 17.7 Å². The minimum atomic E-state index is -3.74. The molecule has 0 saturated heterocycles. The smallest absolute Gasteiger partial charge is 0.247 e. The fourth-order valence-corrected chi connectivity index (χ4v) is 4.21. The van der Waals surface area contributed by atoms with E-state index >= 15 is 0 Å². The van der Waals surface area contributed by atoms with Crippen molar-refractivity contribution in [2.75, 3.05) is 20.5 Å². The first-order valence-corrected chi connectivity index (χ1v) is 10.2. The first-order chi connectivity index (χ1) is 12.8. The Kier molecular flexibility index (Phi) is 5.30. The van der Waals surface area contributed by atoms with Gasteiger partial charge < -0.3 is 9.47 Å². The van der Waals surface area contributed by atoms with Gasteiger partial charge in [-0.05, 0) is 30.3 Å². The van der Waals surface area contributed by atoms with Crippen LogP contribution in [0.5, 0.6) is 11.5 Å². The van der Waals surface area contributed by atoms with Crippen LogP contribution in [0.3, 0.4) is 0 Å². The van der Waals surface area contributed by atoms with Gasteiger partial charge in [0.15, 0.2) is 11.5 Å². The molecule has 0 radical (unpaired) electrons. The Labute approximate surface area is 162 Å². The zero-order valence-electron chi connectivity index (χ0n) is 14.9. The van der Waals surface area contributed by atoms with Gasteiger partial charge in [0.25, 0.3) is 0 Å². The standard InChI is InChI=1S/C18H18ClFN2O4S/c1-25-16-8-7-11(9-17(16)26-2)14-10-15(22(21-14)27(3,23)24)18-12(19)5-4-6-13(18)20/h4-9,15H,10H2,1-3H3. The van der Waals surface area contributed by atoms with Crippen molar-refractivity contribution in [3.05, 3.63) is 58.4 Å². The summed E-state index contributed by atoms with van der Waals surface area (Å²) >= 11 is 6.16. The fourth-order valence-electron chi connectivity index (χ4n) is 3.03. The molecular weight excluding hydrogens is 395 g/mol. The minimum Gasteiger partial charge on any atom is -0.493 e. The summed E-state index contributed by atoms with van der Waals surface area (Å²) in [6.45, 7) is 0. The summed E-state index contributed by atoms with van der Waals surface area (Å²) in [5, 5.41) is 4.39. The van der Waals surface area contributed by atoms with E-state index < -0.39 is 21.9 Å². The van der Waals surface area contributed by atoms with E-state index in [1.807, 2.05) is 0 Å². The highest BCUT2D eigenvalue weighted by molar-refractivity contribution is 7.88. The molecule has 3 rings (SSSR count). The number of hydrogen-bond donors (Lipinski definition) is 0. The highest BCUT2D eigenvalue weighted by atomic mass is 35.5. The number of methoxy groups -OCH3 is 2. The number of nitrogens with zero attached hydrogens (tertiary/aromatic N) is 2. The van der Waals surface area contributed by atoms with Crippen molar-refractivity contribution >= 4 is 27.3 Å². The minimum absolute atomic E-state index is 0.101. The van der Waals surface area contributed by atoms with Crippen LogP contribution >= 0.6 is 11.6 Å². The van der Waals surface area contributed by atoms with E-state index in [2.05, 4.69) is 5.10 Å². The van der Waals surface area contributed by atoms with Crippen LogP contribution in [0.25, 0.3) is 0 Å². The normalized spacial score (nSPS) is 17.0. The summed E-state index contributed by atoms with van der Waals surface area (Å²) in [6.07, 6.45) is 1.19. The molecule has 1 atom stereocenters. The summed E-state index contributed by atoms with van der Waals surface area (Å²) in [5.74, 6) is 0.439. The van der Waals surface area contributed by atoms with Gasteiger partial charge in [0.1, 0.15) is 5.82 Å². The van der Waals surface area contributed by atoms with E-state index in [1.165, 1.54) is 32.4 Å². The lowest BCUT2D eigenvalue weighted by atomic mass is 9.98. The van der Waals surface area contributed by atoms with Gasteiger partial charge in [-0.15, -0.1) is 0 Å². The van der Waals surface area contributed by atoms with Crippen LogP contribution in [-0.2, 0) is 10.0 Å². The Morgan fingerprint density at radius 2 is 1.89 bits per heavy atom. The Morgan fingerprint density at radius 3 is 2.48 bits per heavy atom. The third-order valence-corrected chi connectivity index (χ3v) is 5.61. The van der Waals surface area contributed by atoms with Gasteiger partial charge in [-0.3, -0.25) is 0 Å². The van der Waals surface area contributed by atoms with E-state index in [9.17, 15) is 12.8 Å². The molecule has 1 heterocycles. The van der Waals surface area contributed by atoms with Crippen LogP contribution in [0.4, 0.5) is 4.39 Å². The van der Waals surface area contributed by atoms with Gasteiger partial charge in [0, 0.05) is 22.6 Å². The van der Waals surface area contributed by atoms with Gasteiger partial charge in [-0.2, -0.15) is 9.52 Å². The maximum Gasteiger partial charge on any atom is 0.247 e. The highest BCUT2D eigenvalue weighted by Gasteiger charge is 2.37. The SMILES string of the molecule is COc1ccc(C2=NN(S(C)(=O)=O)C(c3c(F)cccc3Cl)C2)cc1OC. The molecule has 2 aromatic carbocycles. The van der Waals surface area contributed by atoms with Crippen molar-refractivity contribution in [1.82, 2.24) is 4.41 Å². The van der Waals surface area contributed by atoms with E-state index in [0.29, 0.717) is 22.8 Å². The molecule has 0 bridgehead atoms. The van der Waals surface area contributed by atoms with Crippen molar-refractivity contribution in [2.45, 2.75) is 12.5 Å². The molecule has 0 spiro atoms. The lowest BCUT2D eigenvalue weighted by Gasteiger charge is -2.22. The topological polar surface area (TPSA) is 68.2 Å². The second-order valence-electron chi connectivity index (χ2n) is 6.01. The first-order valence-electron chi connectivity index (χ1n) is 7.99. The van der Waals surface area contributed by atoms with Crippen LogP contribution < -0.4 is 9.47 Å². The zero-order valence-corrected chi connectivity index (χ0v) is 16.5. The molecular formula is C18H18ClFN2O4S. The average Bonchev–Trinajstić information content (AvgIpc) is 3.06. The number of rotatable bonds is 5. The summed E-state index contributed by atoms with van der Waals surface area (Å²) < 4.78 is 50.3. The Hall–Kier alpha value is -2.32. The lowest BCUT2D eigenvalue weighted by Crippen LogP contribution is -2.26. The van der Waals surface area contributed by atoms with Crippen molar-refractivity contribution in [3.8, 4) is 11.5 Å². The molecule has 1 unspecified atom stereocenters. The second kappa shape index (κ2) is 7.36. The number of benzene rings is 2. The van der Waals surface area contributed by atoms with Crippen molar-refractivity contribution in [2.24, 2.45) is 5.10 Å². The average molecular weight is 413 g/mol. The number of hydrogen-bond acceptors (Lipinski definition) is 5. The molecule has 0 aliphatic carbocycles. The van der Waals surface area contributed by atoms with E-state index in [-0.39, 0.29) is 17.0 Å². The largest absolute Gasteiger partial charge is 0.493 e. The molecule has 144 valence electrons. The third kappa shape index (κ3) is 3.72. The number of hydrazone groups is 1. The van der Waals surface area contributed by atoms with Crippen LogP contribution in [0.1, 0.15) is 23.6 Å². The van der Waals surface area contributed by atoms with E-state index in [4.69, 9.17) is 21.1 Å². The molecule has 0 amide bonds. The van der Waals surface area contributed by atoms with E-state index in [0.717, 1.165) is 10.7 Å². The van der Waals surface area contributed by atoms with Gasteiger partial charge in [0.2, 0.25) is 10.0 Å². The van der Waals surface area contributed by atoms with Crippen LogP contribution in [0, 0.1) is 5.82 Å². The molecule has 0 saturated carbocycles. The van der Waals surface area contributed by atoms with E-state index in [1.54, 1.807) is 18.2 Å². The predicted octanol–water partition coefficient (Wildman–Crippen LogP) is 3.61. The van der Waals surface area contributed by atoms with Gasteiger partial charge in [0.05, 0.1) is 32.2 Å². The van der Waals surface area contributed by atoms with Crippen LogP contribution in [-0.4, -0.2) is 39.0 Å². The number of halogens is 2. The molecule has 0 aromatic heterocycles. The fraction of sp³-hybridized carbons (Fsp3) is 0.278. The first kappa shape index (κ1) is 19.4. The van der Waals surface area contributed by atoms with Crippen molar-refractivity contribution in [3.63, 3.8) is 0 Å². The molecule has 9 heteroatoms. The highest BCUT2D eigenvalue weighted by Crippen LogP contribution is 2.40. The molecule has 0 N–H and O–H groups in total. The predicted molar refractivity (Wildman–Crippen MR) is 102 cm³/mol. The number of ether oxygens (including phenoxy) is 2. The summed E-state index contributed by atoms with van der Waals surface area (Å²) in [6, 6.07) is 8.51. The molecule has 0 fully saturated rings. The van der Waals surface area contributed by atoms with Crippen LogP contribution in [0.2, 0.25) is 5.02 Å². The quantitative estimate of drug-likeness (QED) is 0.752. The van der Waals surface area contributed by atoms with Gasteiger partial charge >= 0.3 is 0 Å². The number of sulfonamides is 1. The molecule has 1 aliphatic heterocycles. The Bertz CT molecular complexity index is 990. The van der Waals surface area contributed by atoms with Crippen molar-refractivity contribution in [1.29, 1.82) is 0 Å². The monoisotopic (exact) mass is 412 g/mol. The molecule has 2 aromatic rings. The molecule has 6 nitrogen and oxygen atoms in total. The summed E-state index contributed by atoms with van der Waals surface area (Å²) in [5.41, 5.74) is 1.23. The zero-order chi connectivity index (χ0) is 19.8. The summed E-state index contributed by atoms with van der Waals surface area (Å²) in [7, 11) is -0.715. The Balaban J connectivity index is 2.07. The van der Waals surface area contributed by atoms with Gasteiger partial charge in [-0.25, -0.2) is 12.8 Å². The second-order valence-corrected chi connectivity index (χ2v) is 8.25. The third-order valence-electron chi connectivity index (χ3n) is 4.26. The Morgan fingerprint density at radius 1 is 1.19 bits per heavy atom. The lowest BCUT2D eigenvalue weighted by molar-refractivity contribution is 0.355. The maximum atomic E-state index is 14.4. The molecule has 27 heavy (non-hydrogen) atoms. The molecule has 1 aliphatic rings. The maximum absolute atomic E-state index is 14.4. The van der Waals surface area contributed by atoms with Crippen molar-refractivity contribution < 1.29 is 22.3 Å². The summed E-state index contributed by atoms with van der Waals surface area (Å²) in [4.78, 5) is 0.